The highest BCUT2D eigenvalue weighted by Crippen LogP contribution is 2.10. The predicted molar refractivity (Wildman–Crippen MR) is 72.2 cm³/mol. The molecule has 2 rings (SSSR count). The monoisotopic (exact) mass is 262 g/mol. The molecule has 1 aromatic heterocycles. The second-order valence-corrected chi connectivity index (χ2v) is 4.65. The third kappa shape index (κ3) is 3.05. The number of hydrogen-bond donors (Lipinski definition) is 0. The van der Waals surface area contributed by atoms with Gasteiger partial charge in [0.1, 0.15) is 6.54 Å². The number of methoxy groups -OCH3 is 1. The molecule has 5 nitrogen and oxygen atoms in total. The molecule has 1 aliphatic rings. The number of hydrogen-bond acceptors (Lipinski definition) is 3. The van der Waals surface area contributed by atoms with Crippen LogP contribution >= 0.6 is 0 Å². The smallest absolute Gasteiger partial charge is 0.293 e. The van der Waals surface area contributed by atoms with Gasteiger partial charge >= 0.3 is 0 Å². The maximum Gasteiger partial charge on any atom is 0.293 e. The van der Waals surface area contributed by atoms with Crippen molar-refractivity contribution in [3.63, 3.8) is 0 Å². The molecule has 1 amide bonds. The van der Waals surface area contributed by atoms with E-state index >= 15 is 0 Å². The zero-order chi connectivity index (χ0) is 13.8. The standard InChI is InChI=1S/C14H18N2O3/c1-11-5-8-15(9-6-11)13(17)10-16-7-3-4-12(19-2)14(16)18/h3-5,7H,6,8-10H2,1-2H3. The Morgan fingerprint density at radius 2 is 2.26 bits per heavy atom. The van der Waals surface area contributed by atoms with E-state index in [4.69, 9.17) is 4.74 Å². The summed E-state index contributed by atoms with van der Waals surface area (Å²) < 4.78 is 6.34. The Bertz CT molecular complexity index is 560. The summed E-state index contributed by atoms with van der Waals surface area (Å²) in [5, 5.41) is 0. The van der Waals surface area contributed by atoms with Gasteiger partial charge < -0.3 is 14.2 Å². The third-order valence-electron chi connectivity index (χ3n) is 3.30. The van der Waals surface area contributed by atoms with Crippen molar-refractivity contribution in [3.8, 4) is 5.75 Å². The minimum absolute atomic E-state index is 0.0425. The van der Waals surface area contributed by atoms with Crippen molar-refractivity contribution in [2.45, 2.75) is 19.9 Å². The first-order chi connectivity index (χ1) is 9.11. The maximum absolute atomic E-state index is 12.1. The molecule has 0 atom stereocenters. The molecule has 2 heterocycles. The number of amides is 1. The summed E-state index contributed by atoms with van der Waals surface area (Å²) in [6, 6.07) is 3.30. The summed E-state index contributed by atoms with van der Waals surface area (Å²) in [4.78, 5) is 25.8. The molecule has 5 heteroatoms. The lowest BCUT2D eigenvalue weighted by atomic mass is 10.1. The first-order valence-electron chi connectivity index (χ1n) is 6.28. The summed E-state index contributed by atoms with van der Waals surface area (Å²) in [5.41, 5.74) is 1.03. The van der Waals surface area contributed by atoms with Crippen LogP contribution in [-0.4, -0.2) is 35.6 Å². The zero-order valence-electron chi connectivity index (χ0n) is 11.3. The number of carbonyl (C=O) groups excluding carboxylic acids is 1. The van der Waals surface area contributed by atoms with E-state index in [9.17, 15) is 9.59 Å². The highest BCUT2D eigenvalue weighted by molar-refractivity contribution is 5.76. The molecule has 0 aliphatic carbocycles. The van der Waals surface area contributed by atoms with Crippen LogP contribution in [0, 0.1) is 0 Å². The molecule has 0 fully saturated rings. The third-order valence-corrected chi connectivity index (χ3v) is 3.30. The highest BCUT2D eigenvalue weighted by Gasteiger charge is 2.16. The van der Waals surface area contributed by atoms with E-state index in [1.807, 2.05) is 0 Å². The van der Waals surface area contributed by atoms with Crippen LogP contribution in [0.1, 0.15) is 13.3 Å². The van der Waals surface area contributed by atoms with Crippen LogP contribution in [-0.2, 0) is 11.3 Å². The van der Waals surface area contributed by atoms with E-state index in [2.05, 4.69) is 13.0 Å². The van der Waals surface area contributed by atoms with Crippen molar-refractivity contribution in [2.24, 2.45) is 0 Å². The molecule has 0 unspecified atom stereocenters. The molecule has 19 heavy (non-hydrogen) atoms. The van der Waals surface area contributed by atoms with Gasteiger partial charge in [0, 0.05) is 19.3 Å². The molecule has 0 N–H and O–H groups in total. The molecular formula is C14H18N2O3. The highest BCUT2D eigenvalue weighted by atomic mass is 16.5. The number of ether oxygens (including phenoxy) is 1. The van der Waals surface area contributed by atoms with Crippen LogP contribution in [0.2, 0.25) is 0 Å². The van der Waals surface area contributed by atoms with E-state index in [1.165, 1.54) is 17.3 Å². The van der Waals surface area contributed by atoms with Gasteiger partial charge in [-0.1, -0.05) is 11.6 Å². The van der Waals surface area contributed by atoms with Crippen LogP contribution in [0.3, 0.4) is 0 Å². The zero-order valence-corrected chi connectivity index (χ0v) is 11.3. The van der Waals surface area contributed by atoms with Gasteiger partial charge in [-0.15, -0.1) is 0 Å². The van der Waals surface area contributed by atoms with E-state index in [0.717, 1.165) is 13.0 Å². The molecular weight excluding hydrogens is 244 g/mol. The van der Waals surface area contributed by atoms with Crippen LogP contribution in [0.5, 0.6) is 5.75 Å². The van der Waals surface area contributed by atoms with Crippen molar-refractivity contribution in [3.05, 3.63) is 40.3 Å². The number of aromatic nitrogens is 1. The number of rotatable bonds is 3. The van der Waals surface area contributed by atoms with Gasteiger partial charge in [0.05, 0.1) is 7.11 Å². The minimum Gasteiger partial charge on any atom is -0.491 e. The fourth-order valence-corrected chi connectivity index (χ4v) is 2.04. The van der Waals surface area contributed by atoms with Crippen molar-refractivity contribution < 1.29 is 9.53 Å². The largest absolute Gasteiger partial charge is 0.491 e. The van der Waals surface area contributed by atoms with Gasteiger partial charge in [0.15, 0.2) is 5.75 Å². The Morgan fingerprint density at radius 3 is 2.89 bits per heavy atom. The van der Waals surface area contributed by atoms with Gasteiger partial charge in [-0.2, -0.15) is 0 Å². The lowest BCUT2D eigenvalue weighted by Crippen LogP contribution is -2.38. The summed E-state index contributed by atoms with van der Waals surface area (Å²) in [5.74, 6) is 0.212. The van der Waals surface area contributed by atoms with Crippen LogP contribution in [0.25, 0.3) is 0 Å². The average molecular weight is 262 g/mol. The molecule has 0 saturated carbocycles. The summed E-state index contributed by atoms with van der Waals surface area (Å²) in [6.07, 6.45) is 4.56. The van der Waals surface area contributed by atoms with Gasteiger partial charge in [-0.3, -0.25) is 9.59 Å². The minimum atomic E-state index is -0.276. The molecule has 0 saturated heterocycles. The van der Waals surface area contributed by atoms with Crippen molar-refractivity contribution in [1.29, 1.82) is 0 Å². The Hall–Kier alpha value is -2.04. The Labute approximate surface area is 112 Å². The molecule has 0 aromatic carbocycles. The molecule has 1 aromatic rings. The van der Waals surface area contributed by atoms with E-state index in [-0.39, 0.29) is 23.8 Å². The van der Waals surface area contributed by atoms with E-state index in [0.29, 0.717) is 6.54 Å². The first-order valence-corrected chi connectivity index (χ1v) is 6.28. The fraction of sp³-hybridized carbons (Fsp3) is 0.429. The van der Waals surface area contributed by atoms with Crippen molar-refractivity contribution in [2.75, 3.05) is 20.2 Å². The van der Waals surface area contributed by atoms with Crippen LogP contribution < -0.4 is 10.3 Å². The molecule has 1 aliphatic heterocycles. The summed E-state index contributed by atoms with van der Waals surface area (Å²) in [7, 11) is 1.45. The Morgan fingerprint density at radius 1 is 1.47 bits per heavy atom. The van der Waals surface area contributed by atoms with Crippen molar-refractivity contribution >= 4 is 5.91 Å². The lowest BCUT2D eigenvalue weighted by Gasteiger charge is -2.25. The van der Waals surface area contributed by atoms with Gasteiger partial charge in [0.2, 0.25) is 5.91 Å². The predicted octanol–water partition coefficient (Wildman–Crippen LogP) is 1.04. The summed E-state index contributed by atoms with van der Waals surface area (Å²) in [6.45, 7) is 3.47. The normalized spacial score (nSPS) is 15.1. The Kier molecular flexibility index (Phi) is 4.04. The molecule has 0 bridgehead atoms. The second-order valence-electron chi connectivity index (χ2n) is 4.65. The molecule has 0 spiro atoms. The first kappa shape index (κ1) is 13.4. The molecule has 102 valence electrons. The molecule has 0 radical (unpaired) electrons. The fourth-order valence-electron chi connectivity index (χ4n) is 2.04. The average Bonchev–Trinajstić information content (AvgIpc) is 2.42. The number of nitrogens with zero attached hydrogens (tertiary/aromatic N) is 2. The lowest BCUT2D eigenvalue weighted by molar-refractivity contribution is -0.131. The number of carbonyl (C=O) groups is 1. The number of pyridine rings is 1. The van der Waals surface area contributed by atoms with Crippen LogP contribution in [0.15, 0.2) is 34.8 Å². The SMILES string of the molecule is COc1cccn(CC(=O)N2CC=C(C)CC2)c1=O. The quantitative estimate of drug-likeness (QED) is 0.765. The Balaban J connectivity index is 2.09. The topological polar surface area (TPSA) is 51.5 Å². The van der Waals surface area contributed by atoms with Crippen LogP contribution in [0.4, 0.5) is 0 Å². The van der Waals surface area contributed by atoms with Gasteiger partial charge in [0.25, 0.3) is 5.56 Å². The maximum atomic E-state index is 12.1. The summed E-state index contributed by atoms with van der Waals surface area (Å²) >= 11 is 0. The van der Waals surface area contributed by atoms with Crippen molar-refractivity contribution in [1.82, 2.24) is 9.47 Å². The van der Waals surface area contributed by atoms with Gasteiger partial charge in [-0.05, 0) is 25.5 Å². The van der Waals surface area contributed by atoms with E-state index < -0.39 is 0 Å². The van der Waals surface area contributed by atoms with E-state index in [1.54, 1.807) is 23.2 Å². The van der Waals surface area contributed by atoms with Gasteiger partial charge in [-0.25, -0.2) is 0 Å². The second kappa shape index (κ2) is 5.73.